The highest BCUT2D eigenvalue weighted by Crippen LogP contribution is 2.69. The van der Waals surface area contributed by atoms with Crippen molar-refractivity contribution in [2.24, 2.45) is 34.3 Å². The van der Waals surface area contributed by atoms with E-state index in [-0.39, 0.29) is 43.8 Å². The number of unbranched alkanes of at least 4 members (excludes halogenated alkanes) is 1. The molecule has 0 aliphatic heterocycles. The van der Waals surface area contributed by atoms with E-state index in [0.717, 1.165) is 6.08 Å². The van der Waals surface area contributed by atoms with Crippen LogP contribution in [0.4, 0.5) is 13.6 Å². The van der Waals surface area contributed by atoms with Gasteiger partial charge >= 0.3 is 12.1 Å². The van der Waals surface area contributed by atoms with Crippen molar-refractivity contribution in [3.8, 4) is 5.75 Å². The third-order valence-electron chi connectivity index (χ3n) is 11.2. The number of allylic oxidation sites excluding steroid dienone is 4. The number of nitrogens with zero attached hydrogens (tertiary/aromatic N) is 1. The van der Waals surface area contributed by atoms with Gasteiger partial charge in [0.25, 0.3) is 5.09 Å². The highest BCUT2D eigenvalue weighted by molar-refractivity contribution is 6.01. The van der Waals surface area contributed by atoms with Crippen molar-refractivity contribution in [2.75, 3.05) is 19.8 Å². The van der Waals surface area contributed by atoms with Gasteiger partial charge < -0.3 is 40.1 Å². The summed E-state index contributed by atoms with van der Waals surface area (Å²) >= 11 is 0. The summed E-state index contributed by atoms with van der Waals surface area (Å²) in [6.07, 6.45) is 0.865. The summed E-state index contributed by atoms with van der Waals surface area (Å²) in [4.78, 5) is 64.4. The number of ether oxygens (including phenoxy) is 3. The zero-order valence-corrected chi connectivity index (χ0v) is 31.3. The molecule has 5 N–H and O–H groups in total. The first-order valence-corrected chi connectivity index (χ1v) is 18.2. The number of hydrogen-bond donors (Lipinski definition) is 4. The van der Waals surface area contributed by atoms with Crippen LogP contribution in [0.15, 0.2) is 48.1 Å². The first kappa shape index (κ1) is 43.4. The van der Waals surface area contributed by atoms with Crippen molar-refractivity contribution in [3.63, 3.8) is 0 Å². The lowest BCUT2D eigenvalue weighted by Gasteiger charge is -2.62. The van der Waals surface area contributed by atoms with Crippen molar-refractivity contribution in [2.45, 2.75) is 102 Å². The molecule has 1 aromatic carbocycles. The second kappa shape index (κ2) is 17.2. The highest BCUT2D eigenvalue weighted by Gasteiger charge is 2.72. The lowest BCUT2D eigenvalue weighted by molar-refractivity contribution is -0.757. The molecular weight excluding hydrogens is 730 g/mol. The summed E-state index contributed by atoms with van der Waals surface area (Å²) in [5.74, 6) is -4.84. The Kier molecular flexibility index (Phi) is 13.6. The number of ketones is 2. The Labute approximate surface area is 316 Å². The molecular formula is C38H50F2N2O13. The SMILES string of the molecule is CC(C)(O)O.C[C@]12C[C@H](O)[C@@]3(F)C(C[C@H](F)C4=CC(=O)C=C[C@@]43C)C1CC[C@@H]2C(=O)COC(=O)Oc1ccc(C[C@H](N)C(=O)OCCCCO[N+](=O)[O-])cc1. The summed E-state index contributed by atoms with van der Waals surface area (Å²) in [5.41, 5.74) is 2.00. The molecule has 0 aromatic heterocycles. The normalized spacial score (nSPS) is 31.3. The van der Waals surface area contributed by atoms with E-state index in [9.17, 15) is 34.4 Å². The molecule has 4 aliphatic rings. The molecule has 3 saturated carbocycles. The molecule has 0 saturated heterocycles. The van der Waals surface area contributed by atoms with Crippen molar-refractivity contribution < 1.29 is 67.4 Å². The molecule has 0 amide bonds. The summed E-state index contributed by atoms with van der Waals surface area (Å²) in [5, 5.41) is 36.8. The number of alkyl halides is 2. The molecule has 3 fully saturated rings. The number of aliphatic hydroxyl groups excluding tert-OH is 1. The van der Waals surface area contributed by atoms with Crippen LogP contribution >= 0.6 is 0 Å². The molecule has 0 radical (unpaired) electrons. The summed E-state index contributed by atoms with van der Waals surface area (Å²) < 4.78 is 48.2. The van der Waals surface area contributed by atoms with Gasteiger partial charge in [-0.3, -0.25) is 14.4 Å². The van der Waals surface area contributed by atoms with Crippen LogP contribution in [0.5, 0.6) is 5.75 Å². The van der Waals surface area contributed by atoms with Gasteiger partial charge in [0.15, 0.2) is 29.6 Å². The number of Topliss-reactive ketones (excluding diaryl/α,β-unsaturated/α-hetero) is 1. The number of esters is 1. The van der Waals surface area contributed by atoms with Crippen LogP contribution in [0.2, 0.25) is 0 Å². The number of carbonyl (C=O) groups is 4. The second-order valence-electron chi connectivity index (χ2n) is 15.6. The highest BCUT2D eigenvalue weighted by atomic mass is 19.1. The van der Waals surface area contributed by atoms with E-state index in [2.05, 4.69) is 4.84 Å². The second-order valence-corrected chi connectivity index (χ2v) is 15.6. The van der Waals surface area contributed by atoms with E-state index in [4.69, 9.17) is 30.2 Å². The van der Waals surface area contributed by atoms with Gasteiger partial charge in [-0.15, -0.1) is 10.1 Å². The van der Waals surface area contributed by atoms with Crippen LogP contribution < -0.4 is 10.5 Å². The number of fused-ring (bicyclic) bond motifs is 5. The van der Waals surface area contributed by atoms with Gasteiger partial charge in [-0.1, -0.05) is 25.1 Å². The Balaban J connectivity index is 0.00000126. The van der Waals surface area contributed by atoms with Gasteiger partial charge in [0.05, 0.1) is 19.3 Å². The van der Waals surface area contributed by atoms with Gasteiger partial charge in [0, 0.05) is 17.3 Å². The van der Waals surface area contributed by atoms with E-state index >= 15 is 8.78 Å². The standard InChI is InChI=1S/C35H42F2N2O11.C3H8O2/c1-33-18-30(42)35(37)25(17-27(36)26-16-21(40)11-12-34(26,35)2)23(33)9-10-24(33)29(41)19-48-32(44)50-22-7-5-20(6-8-22)15-28(38)31(43)47-13-3-4-14-49-39(45)46;1-3(2,4)5/h5-8,11-12,16,23-25,27-28,30,42H,3-4,9-10,13-15,17-19,38H2,1-2H3;4-5H,1-2H3/t23?,24-,25?,27+,28+,30+,33+,34+,35+;/m1./s1. The van der Waals surface area contributed by atoms with Crippen LogP contribution in [-0.2, 0) is 35.1 Å². The van der Waals surface area contributed by atoms with E-state index in [0.29, 0.717) is 31.2 Å². The third kappa shape index (κ3) is 9.92. The van der Waals surface area contributed by atoms with Gasteiger partial charge in [-0.05, 0) is 112 Å². The van der Waals surface area contributed by atoms with Crippen molar-refractivity contribution in [1.29, 1.82) is 0 Å². The molecule has 2 unspecified atom stereocenters. The number of rotatable bonds is 13. The van der Waals surface area contributed by atoms with E-state index in [1.807, 2.05) is 0 Å². The fourth-order valence-corrected chi connectivity index (χ4v) is 8.74. The zero-order chi connectivity index (χ0) is 40.9. The van der Waals surface area contributed by atoms with Gasteiger partial charge in [-0.2, -0.15) is 0 Å². The Morgan fingerprint density at radius 2 is 1.71 bits per heavy atom. The molecule has 17 heteroatoms. The predicted octanol–water partition coefficient (Wildman–Crippen LogP) is 3.81. The number of nitrogens with two attached hydrogens (primary N) is 1. The maximum absolute atomic E-state index is 17.2. The number of hydrogen-bond acceptors (Lipinski definition) is 14. The molecule has 5 rings (SSSR count). The Hall–Kier alpha value is -4.32. The topological polar surface area (TPSA) is 235 Å². The summed E-state index contributed by atoms with van der Waals surface area (Å²) in [6, 6.07) is 5.12. The summed E-state index contributed by atoms with van der Waals surface area (Å²) in [6.45, 7) is 5.25. The zero-order valence-electron chi connectivity index (χ0n) is 31.3. The first-order valence-electron chi connectivity index (χ1n) is 18.2. The van der Waals surface area contributed by atoms with Gasteiger partial charge in [-0.25, -0.2) is 13.6 Å². The Morgan fingerprint density at radius 1 is 1.07 bits per heavy atom. The van der Waals surface area contributed by atoms with Crippen LogP contribution in [0.1, 0.15) is 71.8 Å². The Bertz CT molecular complexity index is 1660. The van der Waals surface area contributed by atoms with Crippen molar-refractivity contribution in [3.05, 3.63) is 63.7 Å². The molecule has 15 nitrogen and oxygen atoms in total. The number of halogens is 2. The van der Waals surface area contributed by atoms with Crippen LogP contribution in [0.25, 0.3) is 0 Å². The summed E-state index contributed by atoms with van der Waals surface area (Å²) in [7, 11) is 0. The third-order valence-corrected chi connectivity index (χ3v) is 11.2. The average molecular weight is 781 g/mol. The van der Waals surface area contributed by atoms with Gasteiger partial charge in [0.1, 0.15) is 18.0 Å². The van der Waals surface area contributed by atoms with Crippen LogP contribution in [-0.4, -0.2) is 93.7 Å². The van der Waals surface area contributed by atoms with Gasteiger partial charge in [0.2, 0.25) is 0 Å². The quantitative estimate of drug-likeness (QED) is 0.0557. The average Bonchev–Trinajstić information content (AvgIpc) is 3.43. The minimum absolute atomic E-state index is 0.0336. The number of benzene rings is 1. The lowest BCUT2D eigenvalue weighted by atomic mass is 9.45. The molecule has 0 bridgehead atoms. The number of carbonyl (C=O) groups excluding carboxylic acids is 4. The molecule has 304 valence electrons. The minimum atomic E-state index is -2.23. The molecule has 0 spiro atoms. The van der Waals surface area contributed by atoms with E-state index in [1.54, 1.807) is 19.1 Å². The molecule has 4 aliphatic carbocycles. The fraction of sp³-hybridized carbons (Fsp3) is 0.632. The molecule has 9 atom stereocenters. The minimum Gasteiger partial charge on any atom is -0.465 e. The van der Waals surface area contributed by atoms with Crippen LogP contribution in [0.3, 0.4) is 0 Å². The Morgan fingerprint density at radius 3 is 2.35 bits per heavy atom. The monoisotopic (exact) mass is 780 g/mol. The van der Waals surface area contributed by atoms with E-state index < -0.39 is 93.7 Å². The maximum Gasteiger partial charge on any atom is 0.514 e. The predicted molar refractivity (Wildman–Crippen MR) is 189 cm³/mol. The lowest BCUT2D eigenvalue weighted by Crippen LogP contribution is -2.68. The molecule has 55 heavy (non-hydrogen) atoms. The molecule has 1 aromatic rings. The van der Waals surface area contributed by atoms with E-state index in [1.165, 1.54) is 45.1 Å². The maximum atomic E-state index is 17.2. The number of aliphatic hydroxyl groups is 3. The van der Waals surface area contributed by atoms with Crippen LogP contribution in [0, 0.1) is 38.7 Å². The fourth-order valence-electron chi connectivity index (χ4n) is 8.74. The van der Waals surface area contributed by atoms with Crippen molar-refractivity contribution >= 4 is 23.7 Å². The molecule has 0 heterocycles. The first-order chi connectivity index (χ1) is 25.6. The smallest absolute Gasteiger partial charge is 0.465 e. The van der Waals surface area contributed by atoms with Crippen molar-refractivity contribution in [1.82, 2.24) is 0 Å². The largest absolute Gasteiger partial charge is 0.514 e.